The Kier molecular flexibility index (Phi) is 7.31. The van der Waals surface area contributed by atoms with Gasteiger partial charge in [0.15, 0.2) is 0 Å². The molecule has 0 fully saturated rings. The number of amides is 1. The van der Waals surface area contributed by atoms with Gasteiger partial charge in [0.1, 0.15) is 12.4 Å². The summed E-state index contributed by atoms with van der Waals surface area (Å²) in [6.07, 6.45) is 0.658. The van der Waals surface area contributed by atoms with Crippen LogP contribution in [0.5, 0.6) is 5.75 Å². The largest absolute Gasteiger partial charge is 0.492 e. The van der Waals surface area contributed by atoms with Crippen molar-refractivity contribution < 1.29 is 14.6 Å². The highest BCUT2D eigenvalue weighted by Gasteiger charge is 2.16. The van der Waals surface area contributed by atoms with E-state index in [1.54, 1.807) is 12.1 Å². The Morgan fingerprint density at radius 1 is 1.21 bits per heavy atom. The molecule has 3 N–H and O–H groups in total. The first-order valence-electron chi connectivity index (χ1n) is 9.82. The summed E-state index contributed by atoms with van der Waals surface area (Å²) < 4.78 is 5.86. The molecule has 2 aromatic rings. The Bertz CT molecular complexity index is 880. The summed E-state index contributed by atoms with van der Waals surface area (Å²) in [5.41, 5.74) is 3.98. The Morgan fingerprint density at radius 2 is 1.97 bits per heavy atom. The molecule has 5 nitrogen and oxygen atoms in total. The van der Waals surface area contributed by atoms with Gasteiger partial charge in [0, 0.05) is 29.7 Å². The van der Waals surface area contributed by atoms with E-state index in [1.165, 1.54) is 5.57 Å². The first-order chi connectivity index (χ1) is 13.9. The van der Waals surface area contributed by atoms with Crippen molar-refractivity contribution in [3.63, 3.8) is 0 Å². The lowest BCUT2D eigenvalue weighted by Gasteiger charge is -2.20. The van der Waals surface area contributed by atoms with E-state index < -0.39 is 6.10 Å². The minimum absolute atomic E-state index is 0.0713. The van der Waals surface area contributed by atoms with Crippen LogP contribution < -0.4 is 15.4 Å². The van der Waals surface area contributed by atoms with Gasteiger partial charge in [0.25, 0.3) is 0 Å². The second-order valence-electron chi connectivity index (χ2n) is 7.37. The van der Waals surface area contributed by atoms with Crippen LogP contribution in [0.25, 0.3) is 5.57 Å². The molecule has 1 aliphatic rings. The average molecular weight is 415 g/mol. The van der Waals surface area contributed by atoms with Crippen LogP contribution in [0.3, 0.4) is 0 Å². The van der Waals surface area contributed by atoms with Gasteiger partial charge >= 0.3 is 0 Å². The zero-order chi connectivity index (χ0) is 20.8. The lowest BCUT2D eigenvalue weighted by atomic mass is 9.96. The predicted octanol–water partition coefficient (Wildman–Crippen LogP) is 4.07. The maximum absolute atomic E-state index is 11.5. The normalized spacial score (nSPS) is 16.3. The van der Waals surface area contributed by atoms with Gasteiger partial charge in [0.2, 0.25) is 5.91 Å². The van der Waals surface area contributed by atoms with E-state index in [0.29, 0.717) is 24.6 Å². The molecular formula is C23H27ClN2O3. The molecule has 1 aliphatic heterocycles. The molecule has 3 rings (SSSR count). The highest BCUT2D eigenvalue weighted by molar-refractivity contribution is 6.30. The predicted molar refractivity (Wildman–Crippen MR) is 116 cm³/mol. The molecular weight excluding hydrogens is 388 g/mol. The van der Waals surface area contributed by atoms with Crippen molar-refractivity contribution >= 4 is 23.1 Å². The van der Waals surface area contributed by atoms with Crippen LogP contribution >= 0.6 is 11.6 Å². The van der Waals surface area contributed by atoms with Gasteiger partial charge in [-0.05, 0) is 61.2 Å². The van der Waals surface area contributed by atoms with Crippen molar-refractivity contribution in [3.8, 4) is 5.75 Å². The van der Waals surface area contributed by atoms with Crippen molar-refractivity contribution in [2.24, 2.45) is 0 Å². The maximum atomic E-state index is 11.5. The van der Waals surface area contributed by atoms with Crippen molar-refractivity contribution in [2.75, 3.05) is 13.2 Å². The van der Waals surface area contributed by atoms with E-state index in [9.17, 15) is 9.90 Å². The molecule has 1 heterocycles. The van der Waals surface area contributed by atoms with E-state index in [0.717, 1.165) is 29.0 Å². The van der Waals surface area contributed by atoms with E-state index in [2.05, 4.69) is 10.6 Å². The molecule has 1 amide bonds. The smallest absolute Gasteiger partial charge is 0.224 e. The van der Waals surface area contributed by atoms with Gasteiger partial charge in [-0.3, -0.25) is 4.79 Å². The van der Waals surface area contributed by atoms with E-state index in [-0.39, 0.29) is 11.9 Å². The number of carbonyl (C=O) groups is 1. The second kappa shape index (κ2) is 9.92. The van der Waals surface area contributed by atoms with E-state index in [4.69, 9.17) is 16.3 Å². The number of benzene rings is 2. The lowest BCUT2D eigenvalue weighted by molar-refractivity contribution is -0.120. The molecule has 29 heavy (non-hydrogen) atoms. The van der Waals surface area contributed by atoms with Crippen LogP contribution in [0.4, 0.5) is 0 Å². The fourth-order valence-corrected chi connectivity index (χ4v) is 3.51. The average Bonchev–Trinajstić information content (AvgIpc) is 2.71. The summed E-state index contributed by atoms with van der Waals surface area (Å²) in [6.45, 7) is 4.85. The number of nitrogens with one attached hydrogen (secondary N) is 2. The Morgan fingerprint density at radius 3 is 2.66 bits per heavy atom. The van der Waals surface area contributed by atoms with Crippen LogP contribution in [0, 0.1) is 0 Å². The molecule has 2 atom stereocenters. The van der Waals surface area contributed by atoms with Crippen LogP contribution in [0.1, 0.15) is 43.9 Å². The highest BCUT2D eigenvalue weighted by Crippen LogP contribution is 2.27. The molecule has 0 aliphatic carbocycles. The van der Waals surface area contributed by atoms with Crippen LogP contribution in [-0.2, 0) is 4.79 Å². The van der Waals surface area contributed by atoms with E-state index in [1.807, 2.05) is 50.2 Å². The minimum atomic E-state index is -0.622. The molecule has 0 radical (unpaired) electrons. The fourth-order valence-electron chi connectivity index (χ4n) is 3.31. The Balaban J connectivity index is 1.47. The summed E-state index contributed by atoms with van der Waals surface area (Å²) in [7, 11) is 0. The molecule has 0 saturated heterocycles. The Labute approximate surface area is 176 Å². The zero-order valence-corrected chi connectivity index (χ0v) is 17.5. The van der Waals surface area contributed by atoms with Gasteiger partial charge in [-0.15, -0.1) is 0 Å². The van der Waals surface area contributed by atoms with Gasteiger partial charge in [0.05, 0.1) is 6.10 Å². The van der Waals surface area contributed by atoms with Gasteiger partial charge < -0.3 is 20.5 Å². The van der Waals surface area contributed by atoms with Crippen LogP contribution in [0.2, 0.25) is 5.02 Å². The zero-order valence-electron chi connectivity index (χ0n) is 16.7. The summed E-state index contributed by atoms with van der Waals surface area (Å²) in [5, 5.41) is 17.1. The molecule has 154 valence electrons. The van der Waals surface area contributed by atoms with Crippen molar-refractivity contribution in [1.82, 2.24) is 10.6 Å². The molecule has 0 spiro atoms. The number of ether oxygens (including phenoxy) is 1. The third-order valence-corrected chi connectivity index (χ3v) is 5.21. The fraction of sp³-hybridized carbons (Fsp3) is 0.348. The first kappa shape index (κ1) is 21.4. The quantitative estimate of drug-likeness (QED) is 0.609. The molecule has 0 bridgehead atoms. The second-order valence-corrected chi connectivity index (χ2v) is 7.80. The summed E-state index contributed by atoms with van der Waals surface area (Å²) >= 11 is 5.97. The third kappa shape index (κ3) is 6.07. The number of allylic oxidation sites excluding steroid dienone is 2. The van der Waals surface area contributed by atoms with Crippen molar-refractivity contribution in [1.29, 1.82) is 0 Å². The SMILES string of the molecule is CC1=C(c2ccc(OCC(C)NCC(O)c3cccc(Cl)c3)cc2)CCC(=O)N1. The number of hydrogen-bond donors (Lipinski definition) is 3. The summed E-state index contributed by atoms with van der Waals surface area (Å²) in [5.74, 6) is 0.865. The minimum Gasteiger partial charge on any atom is -0.492 e. The number of rotatable bonds is 8. The molecule has 6 heteroatoms. The number of aliphatic hydroxyl groups is 1. The lowest BCUT2D eigenvalue weighted by Crippen LogP contribution is -2.34. The molecule has 0 saturated carbocycles. The number of aliphatic hydroxyl groups excluding tert-OH is 1. The number of hydrogen-bond acceptors (Lipinski definition) is 4. The van der Waals surface area contributed by atoms with Gasteiger partial charge in [-0.2, -0.15) is 0 Å². The molecule has 2 unspecified atom stereocenters. The topological polar surface area (TPSA) is 70.6 Å². The standard InChI is InChI=1S/C23H27ClN2O3/c1-15(25-13-22(27)18-4-3-5-19(24)12-18)14-29-20-8-6-17(7-9-20)21-10-11-23(28)26-16(21)2/h3-9,12,15,22,25,27H,10-11,13-14H2,1-2H3,(H,26,28). The van der Waals surface area contributed by atoms with Crippen molar-refractivity contribution in [3.05, 3.63) is 70.4 Å². The highest BCUT2D eigenvalue weighted by atomic mass is 35.5. The first-order valence-corrected chi connectivity index (χ1v) is 10.2. The Hall–Kier alpha value is -2.34. The van der Waals surface area contributed by atoms with E-state index >= 15 is 0 Å². The molecule has 0 aromatic heterocycles. The number of halogens is 1. The summed E-state index contributed by atoms with van der Waals surface area (Å²) in [6, 6.07) is 15.2. The van der Waals surface area contributed by atoms with Crippen LogP contribution in [-0.4, -0.2) is 30.2 Å². The molecule has 2 aromatic carbocycles. The monoisotopic (exact) mass is 414 g/mol. The van der Waals surface area contributed by atoms with Gasteiger partial charge in [-0.1, -0.05) is 35.9 Å². The third-order valence-electron chi connectivity index (χ3n) is 4.98. The summed E-state index contributed by atoms with van der Waals surface area (Å²) in [4.78, 5) is 11.5. The van der Waals surface area contributed by atoms with Crippen LogP contribution in [0.15, 0.2) is 54.2 Å². The number of carbonyl (C=O) groups excluding carboxylic acids is 1. The maximum Gasteiger partial charge on any atom is 0.224 e. The van der Waals surface area contributed by atoms with Gasteiger partial charge in [-0.25, -0.2) is 0 Å². The van der Waals surface area contributed by atoms with Crippen molar-refractivity contribution in [2.45, 2.75) is 38.8 Å².